The van der Waals surface area contributed by atoms with E-state index in [-0.39, 0.29) is 35.6 Å². The highest BCUT2D eigenvalue weighted by Gasteiger charge is 2.25. The Morgan fingerprint density at radius 2 is 1.45 bits per heavy atom. The molecule has 0 saturated heterocycles. The van der Waals surface area contributed by atoms with Gasteiger partial charge in [0.1, 0.15) is 5.78 Å². The van der Waals surface area contributed by atoms with Gasteiger partial charge in [0.05, 0.1) is 18.6 Å². The normalized spacial score (nSPS) is 12.3. The molecule has 0 rings (SSSR count). The molecular weight excluding hydrogens is 280 g/mol. The van der Waals surface area contributed by atoms with E-state index in [0.29, 0.717) is 13.2 Å². The Balaban J connectivity index is 3.69. The van der Waals surface area contributed by atoms with Gasteiger partial charge in [-0.1, -0.05) is 27.7 Å². The van der Waals surface area contributed by atoms with Gasteiger partial charge >= 0.3 is 5.97 Å². The summed E-state index contributed by atoms with van der Waals surface area (Å²) in [7, 11) is 0. The van der Waals surface area contributed by atoms with Crippen LogP contribution in [-0.4, -0.2) is 30.6 Å². The lowest BCUT2D eigenvalue weighted by Crippen LogP contribution is -2.24. The molecule has 22 heavy (non-hydrogen) atoms. The van der Waals surface area contributed by atoms with Crippen molar-refractivity contribution in [3.63, 3.8) is 0 Å². The highest BCUT2D eigenvalue weighted by Crippen LogP contribution is 2.23. The molecular formula is C18H34O4. The molecule has 130 valence electrons. The quantitative estimate of drug-likeness (QED) is 0.398. The van der Waals surface area contributed by atoms with Crippen LogP contribution >= 0.6 is 0 Å². The number of hydrogen-bond acceptors (Lipinski definition) is 4. The summed E-state index contributed by atoms with van der Waals surface area (Å²) < 4.78 is 10.9. The fraction of sp³-hybridized carbons (Fsp3) is 0.889. The number of ketones is 1. The van der Waals surface area contributed by atoms with E-state index in [9.17, 15) is 9.59 Å². The van der Waals surface area contributed by atoms with Gasteiger partial charge in [0.15, 0.2) is 0 Å². The second kappa shape index (κ2) is 9.98. The minimum absolute atomic E-state index is 0.0802. The van der Waals surface area contributed by atoms with Crippen molar-refractivity contribution in [2.75, 3.05) is 13.2 Å². The number of unbranched alkanes of at least 4 members (excludes halogenated alkanes) is 1. The number of ether oxygens (including phenoxy) is 2. The maximum absolute atomic E-state index is 11.9. The molecule has 0 aromatic rings. The topological polar surface area (TPSA) is 52.6 Å². The van der Waals surface area contributed by atoms with Crippen molar-refractivity contribution >= 4 is 11.8 Å². The standard InChI is InChI=1S/C18H34O4/c1-7-17(3,4)15(19)11-12-16(20)21-13-9-10-14-22-18(5,6)8-2/h7-14H2,1-6H3. The number of carbonyl (C=O) groups is 2. The van der Waals surface area contributed by atoms with Gasteiger partial charge < -0.3 is 9.47 Å². The fourth-order valence-corrected chi connectivity index (χ4v) is 1.66. The van der Waals surface area contributed by atoms with E-state index in [1.807, 2.05) is 20.8 Å². The second-order valence-corrected chi connectivity index (χ2v) is 7.05. The minimum Gasteiger partial charge on any atom is -0.466 e. The van der Waals surface area contributed by atoms with Crippen molar-refractivity contribution in [2.45, 2.75) is 85.7 Å². The molecule has 0 fully saturated rings. The van der Waals surface area contributed by atoms with Crippen molar-refractivity contribution in [3.8, 4) is 0 Å². The number of carbonyl (C=O) groups excluding carboxylic acids is 2. The zero-order valence-electron chi connectivity index (χ0n) is 15.3. The number of rotatable bonds is 12. The van der Waals surface area contributed by atoms with E-state index >= 15 is 0 Å². The molecule has 0 N–H and O–H groups in total. The molecule has 0 spiro atoms. The summed E-state index contributed by atoms with van der Waals surface area (Å²) in [6.07, 6.45) is 3.88. The third kappa shape index (κ3) is 9.19. The lowest BCUT2D eigenvalue weighted by Gasteiger charge is -2.23. The Morgan fingerprint density at radius 1 is 0.864 bits per heavy atom. The van der Waals surface area contributed by atoms with Crippen LogP contribution in [0.2, 0.25) is 0 Å². The molecule has 0 heterocycles. The SMILES string of the molecule is CCC(C)(C)OCCCCOC(=O)CCC(=O)C(C)(C)CC. The summed E-state index contributed by atoms with van der Waals surface area (Å²) in [5.74, 6) is -0.155. The Bertz CT molecular complexity index is 345. The first-order valence-corrected chi connectivity index (χ1v) is 8.47. The molecule has 0 atom stereocenters. The van der Waals surface area contributed by atoms with Crippen molar-refractivity contribution in [3.05, 3.63) is 0 Å². The van der Waals surface area contributed by atoms with E-state index in [4.69, 9.17) is 9.47 Å². The van der Waals surface area contributed by atoms with Crippen molar-refractivity contribution in [1.82, 2.24) is 0 Å². The molecule has 0 aromatic heterocycles. The summed E-state index contributed by atoms with van der Waals surface area (Å²) in [5.41, 5.74) is -0.424. The monoisotopic (exact) mass is 314 g/mol. The first kappa shape index (κ1) is 21.1. The van der Waals surface area contributed by atoms with Gasteiger partial charge in [0, 0.05) is 18.4 Å². The van der Waals surface area contributed by atoms with Crippen molar-refractivity contribution in [2.24, 2.45) is 5.41 Å². The fourth-order valence-electron chi connectivity index (χ4n) is 1.66. The highest BCUT2D eigenvalue weighted by atomic mass is 16.5. The van der Waals surface area contributed by atoms with Gasteiger partial charge in [-0.15, -0.1) is 0 Å². The van der Waals surface area contributed by atoms with E-state index in [1.54, 1.807) is 0 Å². The average molecular weight is 314 g/mol. The third-order valence-corrected chi connectivity index (χ3v) is 4.34. The van der Waals surface area contributed by atoms with E-state index in [0.717, 1.165) is 25.7 Å². The van der Waals surface area contributed by atoms with Crippen LogP contribution in [0.5, 0.6) is 0 Å². The highest BCUT2D eigenvalue weighted by molar-refractivity contribution is 5.87. The molecule has 0 bridgehead atoms. The summed E-state index contributed by atoms with van der Waals surface area (Å²) in [4.78, 5) is 23.5. The summed E-state index contributed by atoms with van der Waals surface area (Å²) in [6, 6.07) is 0. The Kier molecular flexibility index (Phi) is 9.58. The average Bonchev–Trinajstić information content (AvgIpc) is 2.48. The van der Waals surface area contributed by atoms with Gasteiger partial charge in [-0.05, 0) is 39.5 Å². The van der Waals surface area contributed by atoms with Crippen LogP contribution in [0.15, 0.2) is 0 Å². The van der Waals surface area contributed by atoms with Gasteiger partial charge in [-0.2, -0.15) is 0 Å². The van der Waals surface area contributed by atoms with Crippen LogP contribution in [0.25, 0.3) is 0 Å². The van der Waals surface area contributed by atoms with Crippen LogP contribution in [0, 0.1) is 5.41 Å². The van der Waals surface area contributed by atoms with Crippen molar-refractivity contribution in [1.29, 1.82) is 0 Å². The zero-order chi connectivity index (χ0) is 17.2. The first-order valence-electron chi connectivity index (χ1n) is 8.47. The third-order valence-electron chi connectivity index (χ3n) is 4.34. The molecule has 4 nitrogen and oxygen atoms in total. The minimum atomic E-state index is -0.344. The van der Waals surface area contributed by atoms with Gasteiger partial charge in [0.25, 0.3) is 0 Å². The maximum Gasteiger partial charge on any atom is 0.306 e. The van der Waals surface area contributed by atoms with Gasteiger partial charge in [-0.25, -0.2) is 0 Å². The molecule has 0 radical (unpaired) electrons. The summed E-state index contributed by atoms with van der Waals surface area (Å²) in [6.45, 7) is 13.1. The number of hydrogen-bond donors (Lipinski definition) is 0. The summed E-state index contributed by atoms with van der Waals surface area (Å²) in [5, 5.41) is 0. The molecule has 0 aliphatic carbocycles. The predicted molar refractivity (Wildman–Crippen MR) is 88.8 cm³/mol. The number of Topliss-reactive ketones (excluding diaryl/α,β-unsaturated/α-hetero) is 1. The maximum atomic E-state index is 11.9. The largest absolute Gasteiger partial charge is 0.466 e. The molecule has 0 saturated carbocycles. The smallest absolute Gasteiger partial charge is 0.306 e. The van der Waals surface area contributed by atoms with Crippen LogP contribution in [0.4, 0.5) is 0 Å². The van der Waals surface area contributed by atoms with E-state index < -0.39 is 0 Å². The molecule has 0 aromatic carbocycles. The second-order valence-electron chi connectivity index (χ2n) is 7.05. The van der Waals surface area contributed by atoms with E-state index in [1.165, 1.54) is 0 Å². The Labute approximate surface area is 135 Å². The molecule has 4 heteroatoms. The van der Waals surface area contributed by atoms with Gasteiger partial charge in [-0.3, -0.25) is 9.59 Å². The lowest BCUT2D eigenvalue weighted by molar-refractivity contribution is -0.145. The number of esters is 1. The summed E-state index contributed by atoms with van der Waals surface area (Å²) >= 11 is 0. The molecule has 0 aliphatic heterocycles. The van der Waals surface area contributed by atoms with Crippen LogP contribution in [-0.2, 0) is 19.1 Å². The first-order chi connectivity index (χ1) is 10.1. The molecule has 0 unspecified atom stereocenters. The van der Waals surface area contributed by atoms with Crippen molar-refractivity contribution < 1.29 is 19.1 Å². The molecule has 0 amide bonds. The van der Waals surface area contributed by atoms with Gasteiger partial charge in [0.2, 0.25) is 0 Å². The lowest BCUT2D eigenvalue weighted by atomic mass is 9.83. The Hall–Kier alpha value is -0.900. The van der Waals surface area contributed by atoms with E-state index in [2.05, 4.69) is 20.8 Å². The Morgan fingerprint density at radius 3 is 2.00 bits per heavy atom. The van der Waals surface area contributed by atoms with Crippen LogP contribution in [0.3, 0.4) is 0 Å². The molecule has 0 aliphatic rings. The zero-order valence-corrected chi connectivity index (χ0v) is 15.3. The van der Waals surface area contributed by atoms with Crippen LogP contribution in [0.1, 0.15) is 80.1 Å². The predicted octanol–water partition coefficient (Wildman–Crippen LogP) is 4.30. The van der Waals surface area contributed by atoms with Crippen LogP contribution < -0.4 is 0 Å².